The van der Waals surface area contributed by atoms with Gasteiger partial charge in [0, 0.05) is 32.2 Å². The number of nitrogens with zero attached hydrogens (tertiary/aromatic N) is 1. The van der Waals surface area contributed by atoms with Crippen LogP contribution in [-0.4, -0.2) is 36.7 Å². The maximum atomic E-state index is 6.10. The molecule has 0 unspecified atom stereocenters. The SMILES string of the molecule is C[C@@H]1CN(Cc2cccc(OC3CCCC3)c2)CCN1. The summed E-state index contributed by atoms with van der Waals surface area (Å²) < 4.78 is 6.10. The number of hydrogen-bond acceptors (Lipinski definition) is 3. The fourth-order valence-electron chi connectivity index (χ4n) is 3.33. The van der Waals surface area contributed by atoms with Crippen LogP contribution in [-0.2, 0) is 6.54 Å². The largest absolute Gasteiger partial charge is 0.490 e. The fourth-order valence-corrected chi connectivity index (χ4v) is 3.33. The number of piperazine rings is 1. The molecule has 1 atom stereocenters. The molecule has 2 fully saturated rings. The minimum absolute atomic E-state index is 0.449. The Morgan fingerprint density at radius 2 is 2.15 bits per heavy atom. The Kier molecular flexibility index (Phi) is 4.58. The van der Waals surface area contributed by atoms with Crippen molar-refractivity contribution in [1.82, 2.24) is 10.2 Å². The summed E-state index contributed by atoms with van der Waals surface area (Å²) in [6.45, 7) is 6.66. The number of hydrogen-bond donors (Lipinski definition) is 1. The predicted molar refractivity (Wildman–Crippen MR) is 82.1 cm³/mol. The van der Waals surface area contributed by atoms with Gasteiger partial charge in [0.15, 0.2) is 0 Å². The van der Waals surface area contributed by atoms with Crippen molar-refractivity contribution in [2.24, 2.45) is 0 Å². The standard InChI is InChI=1S/C17H26N2O/c1-14-12-19(10-9-18-14)13-15-5-4-8-17(11-15)20-16-6-2-3-7-16/h4-5,8,11,14,16,18H,2-3,6-7,9-10,12-13H2,1H3/t14-/m1/s1. The summed E-state index contributed by atoms with van der Waals surface area (Å²) in [5.41, 5.74) is 1.37. The molecule has 110 valence electrons. The number of ether oxygens (including phenoxy) is 1. The second kappa shape index (κ2) is 6.59. The first-order valence-electron chi connectivity index (χ1n) is 8.01. The van der Waals surface area contributed by atoms with E-state index in [9.17, 15) is 0 Å². The van der Waals surface area contributed by atoms with Gasteiger partial charge in [-0.05, 0) is 50.3 Å². The summed E-state index contributed by atoms with van der Waals surface area (Å²) in [6, 6.07) is 9.27. The van der Waals surface area contributed by atoms with Crippen LogP contribution >= 0.6 is 0 Å². The van der Waals surface area contributed by atoms with Gasteiger partial charge in [-0.3, -0.25) is 4.90 Å². The number of benzene rings is 1. The summed E-state index contributed by atoms with van der Waals surface area (Å²) in [5, 5.41) is 3.49. The molecule has 0 spiro atoms. The van der Waals surface area contributed by atoms with E-state index in [4.69, 9.17) is 4.74 Å². The molecule has 1 aliphatic heterocycles. The van der Waals surface area contributed by atoms with Crippen molar-refractivity contribution >= 4 is 0 Å². The summed E-state index contributed by atoms with van der Waals surface area (Å²) in [6.07, 6.45) is 5.54. The lowest BCUT2D eigenvalue weighted by Crippen LogP contribution is -2.48. The van der Waals surface area contributed by atoms with Crippen LogP contribution < -0.4 is 10.1 Å². The van der Waals surface area contributed by atoms with Crippen LogP contribution in [0.15, 0.2) is 24.3 Å². The minimum Gasteiger partial charge on any atom is -0.490 e. The molecule has 1 aromatic rings. The molecule has 1 heterocycles. The van der Waals surface area contributed by atoms with Gasteiger partial charge in [0.25, 0.3) is 0 Å². The third-order valence-corrected chi connectivity index (χ3v) is 4.36. The van der Waals surface area contributed by atoms with Crippen LogP contribution in [0.2, 0.25) is 0 Å². The van der Waals surface area contributed by atoms with Crippen molar-refractivity contribution in [1.29, 1.82) is 0 Å². The third kappa shape index (κ3) is 3.74. The topological polar surface area (TPSA) is 24.5 Å². The first kappa shape index (κ1) is 13.9. The molecule has 0 radical (unpaired) electrons. The van der Waals surface area contributed by atoms with E-state index in [2.05, 4.69) is 41.4 Å². The van der Waals surface area contributed by atoms with Crippen LogP contribution in [0, 0.1) is 0 Å². The zero-order valence-corrected chi connectivity index (χ0v) is 12.5. The van der Waals surface area contributed by atoms with Gasteiger partial charge in [-0.2, -0.15) is 0 Å². The van der Waals surface area contributed by atoms with Gasteiger partial charge in [0.2, 0.25) is 0 Å². The molecule has 2 aliphatic rings. The Morgan fingerprint density at radius 1 is 1.30 bits per heavy atom. The number of rotatable bonds is 4. The van der Waals surface area contributed by atoms with Crippen LogP contribution in [0.25, 0.3) is 0 Å². The molecule has 1 saturated heterocycles. The van der Waals surface area contributed by atoms with E-state index < -0.39 is 0 Å². The molecule has 0 aromatic heterocycles. The normalized spacial score (nSPS) is 24.9. The summed E-state index contributed by atoms with van der Waals surface area (Å²) >= 11 is 0. The predicted octanol–water partition coefficient (Wildman–Crippen LogP) is 2.80. The van der Waals surface area contributed by atoms with Gasteiger partial charge in [0.1, 0.15) is 5.75 Å². The van der Waals surface area contributed by atoms with Crippen molar-refractivity contribution in [2.75, 3.05) is 19.6 Å². The molecular weight excluding hydrogens is 248 g/mol. The van der Waals surface area contributed by atoms with Gasteiger partial charge >= 0.3 is 0 Å². The van der Waals surface area contributed by atoms with Crippen LogP contribution in [0.5, 0.6) is 5.75 Å². The first-order valence-corrected chi connectivity index (χ1v) is 8.01. The van der Waals surface area contributed by atoms with Crippen LogP contribution in [0.3, 0.4) is 0 Å². The average molecular weight is 274 g/mol. The minimum atomic E-state index is 0.449. The van der Waals surface area contributed by atoms with E-state index in [-0.39, 0.29) is 0 Å². The third-order valence-electron chi connectivity index (χ3n) is 4.36. The van der Waals surface area contributed by atoms with Crippen molar-refractivity contribution in [3.05, 3.63) is 29.8 Å². The zero-order valence-electron chi connectivity index (χ0n) is 12.5. The Bertz CT molecular complexity index is 429. The maximum absolute atomic E-state index is 6.10. The molecule has 3 rings (SSSR count). The summed E-state index contributed by atoms with van der Waals surface area (Å²) in [7, 11) is 0. The lowest BCUT2D eigenvalue weighted by molar-refractivity contribution is 0.197. The van der Waals surface area contributed by atoms with Gasteiger partial charge in [0.05, 0.1) is 6.10 Å². The van der Waals surface area contributed by atoms with E-state index in [0.29, 0.717) is 12.1 Å². The van der Waals surface area contributed by atoms with E-state index in [1.807, 2.05) is 0 Å². The maximum Gasteiger partial charge on any atom is 0.120 e. The van der Waals surface area contributed by atoms with E-state index in [0.717, 1.165) is 31.9 Å². The molecule has 1 saturated carbocycles. The van der Waals surface area contributed by atoms with Crippen LogP contribution in [0.4, 0.5) is 0 Å². The molecule has 3 heteroatoms. The Balaban J connectivity index is 1.58. The van der Waals surface area contributed by atoms with Crippen molar-refractivity contribution in [3.63, 3.8) is 0 Å². The molecule has 1 N–H and O–H groups in total. The van der Waals surface area contributed by atoms with Crippen molar-refractivity contribution in [2.45, 2.75) is 51.3 Å². The highest BCUT2D eigenvalue weighted by atomic mass is 16.5. The Labute approximate surface area is 122 Å². The van der Waals surface area contributed by atoms with Crippen molar-refractivity contribution < 1.29 is 4.74 Å². The summed E-state index contributed by atoms with van der Waals surface area (Å²) in [4.78, 5) is 2.52. The van der Waals surface area contributed by atoms with Crippen LogP contribution in [0.1, 0.15) is 38.2 Å². The highest BCUT2D eigenvalue weighted by Crippen LogP contribution is 2.25. The quantitative estimate of drug-likeness (QED) is 0.913. The Hall–Kier alpha value is -1.06. The molecule has 3 nitrogen and oxygen atoms in total. The second-order valence-corrected chi connectivity index (χ2v) is 6.26. The lowest BCUT2D eigenvalue weighted by Gasteiger charge is -2.31. The molecular formula is C17H26N2O. The second-order valence-electron chi connectivity index (χ2n) is 6.26. The van der Waals surface area contributed by atoms with Gasteiger partial charge in [-0.1, -0.05) is 12.1 Å². The van der Waals surface area contributed by atoms with Crippen molar-refractivity contribution in [3.8, 4) is 5.75 Å². The fraction of sp³-hybridized carbons (Fsp3) is 0.647. The van der Waals surface area contributed by atoms with E-state index in [1.54, 1.807) is 0 Å². The monoisotopic (exact) mass is 274 g/mol. The van der Waals surface area contributed by atoms with E-state index >= 15 is 0 Å². The molecule has 1 aromatic carbocycles. The molecule has 0 bridgehead atoms. The molecule has 1 aliphatic carbocycles. The zero-order chi connectivity index (χ0) is 13.8. The van der Waals surface area contributed by atoms with Gasteiger partial charge < -0.3 is 10.1 Å². The first-order chi connectivity index (χ1) is 9.79. The van der Waals surface area contributed by atoms with Gasteiger partial charge in [-0.15, -0.1) is 0 Å². The number of nitrogens with one attached hydrogen (secondary N) is 1. The van der Waals surface area contributed by atoms with Gasteiger partial charge in [-0.25, -0.2) is 0 Å². The molecule has 20 heavy (non-hydrogen) atoms. The van der Waals surface area contributed by atoms with E-state index in [1.165, 1.54) is 31.2 Å². The smallest absolute Gasteiger partial charge is 0.120 e. The lowest BCUT2D eigenvalue weighted by atomic mass is 10.1. The highest BCUT2D eigenvalue weighted by molar-refractivity contribution is 5.28. The molecule has 0 amide bonds. The highest BCUT2D eigenvalue weighted by Gasteiger charge is 2.18. The Morgan fingerprint density at radius 3 is 2.95 bits per heavy atom. The summed E-state index contributed by atoms with van der Waals surface area (Å²) in [5.74, 6) is 1.05. The average Bonchev–Trinajstić information content (AvgIpc) is 2.92.